The van der Waals surface area contributed by atoms with Crippen molar-refractivity contribution in [1.82, 2.24) is 10.3 Å². The minimum absolute atomic E-state index is 0.00398. The monoisotopic (exact) mass is 400 g/mol. The molecule has 1 aromatic heterocycles. The Hall–Kier alpha value is -2.50. The van der Waals surface area contributed by atoms with E-state index in [1.165, 1.54) is 0 Å². The number of pyridine rings is 1. The van der Waals surface area contributed by atoms with Crippen LogP contribution in [0.3, 0.4) is 0 Å². The third-order valence-electron chi connectivity index (χ3n) is 4.08. The second-order valence-electron chi connectivity index (χ2n) is 6.74. The molecule has 1 atom stereocenters. The van der Waals surface area contributed by atoms with Gasteiger partial charge in [-0.05, 0) is 25.0 Å². The van der Waals surface area contributed by atoms with Gasteiger partial charge in [0.2, 0.25) is 5.78 Å². The minimum atomic E-state index is -0.457. The number of hydrogen-bond donors (Lipinski definition) is 1. The summed E-state index contributed by atoms with van der Waals surface area (Å²) in [5.41, 5.74) is 1.41. The molecule has 2 aromatic rings. The molecular formula is C22H25ClN2O3. The van der Waals surface area contributed by atoms with Crippen molar-refractivity contribution in [2.45, 2.75) is 33.4 Å². The Balaban J connectivity index is 2.00. The molecule has 0 aliphatic heterocycles. The quantitative estimate of drug-likeness (QED) is 0.506. The number of nitrogens with zero attached hydrogens (tertiary/aromatic N) is 1. The van der Waals surface area contributed by atoms with Gasteiger partial charge in [-0.1, -0.05) is 67.9 Å². The van der Waals surface area contributed by atoms with Crippen LogP contribution < -0.4 is 5.32 Å². The summed E-state index contributed by atoms with van der Waals surface area (Å²) < 4.78 is 5.42. The maximum Gasteiger partial charge on any atom is 0.323 e. The maximum atomic E-state index is 12.5. The van der Waals surface area contributed by atoms with Gasteiger partial charge < -0.3 is 10.1 Å². The van der Waals surface area contributed by atoms with Crippen molar-refractivity contribution in [1.29, 1.82) is 0 Å². The molecule has 1 aromatic carbocycles. The van der Waals surface area contributed by atoms with Crippen LogP contribution in [0.1, 0.15) is 42.5 Å². The van der Waals surface area contributed by atoms with Gasteiger partial charge in [0, 0.05) is 17.1 Å². The number of allylic oxidation sites excluding steroid dienone is 1. The maximum absolute atomic E-state index is 12.5. The van der Waals surface area contributed by atoms with E-state index in [-0.39, 0.29) is 24.3 Å². The number of benzene rings is 1. The number of ether oxygens (including phenoxy) is 1. The first kappa shape index (κ1) is 21.8. The number of nitrogens with one attached hydrogen (secondary N) is 1. The standard InChI is InChI=1S/C22H25ClN2O3/c1-15(2)20(24-13-12-16(3)23)22(27)28-14-18-10-7-11-19(25-18)21(26)17-8-5-4-6-9-17/h4-12,15,20,24H,13-14H2,1-3H3. The Kier molecular flexibility index (Phi) is 8.36. The lowest BCUT2D eigenvalue weighted by Crippen LogP contribution is -2.42. The Bertz CT molecular complexity index is 831. The molecule has 1 N–H and O–H groups in total. The fraction of sp³-hybridized carbons (Fsp3) is 0.318. The zero-order valence-electron chi connectivity index (χ0n) is 16.3. The van der Waals surface area contributed by atoms with Crippen LogP contribution in [-0.4, -0.2) is 29.3 Å². The van der Waals surface area contributed by atoms with Gasteiger partial charge in [0.1, 0.15) is 18.3 Å². The van der Waals surface area contributed by atoms with Crippen molar-refractivity contribution in [3.8, 4) is 0 Å². The highest BCUT2D eigenvalue weighted by molar-refractivity contribution is 6.29. The van der Waals surface area contributed by atoms with Crippen molar-refractivity contribution >= 4 is 23.4 Å². The van der Waals surface area contributed by atoms with Crippen molar-refractivity contribution in [2.75, 3.05) is 6.54 Å². The van der Waals surface area contributed by atoms with Crippen LogP contribution in [0, 0.1) is 5.92 Å². The number of esters is 1. The topological polar surface area (TPSA) is 68.3 Å². The lowest BCUT2D eigenvalue weighted by Gasteiger charge is -2.20. The van der Waals surface area contributed by atoms with E-state index in [0.29, 0.717) is 28.5 Å². The molecular weight excluding hydrogens is 376 g/mol. The van der Waals surface area contributed by atoms with Gasteiger partial charge >= 0.3 is 5.97 Å². The van der Waals surface area contributed by atoms with Gasteiger partial charge in [0.05, 0.1) is 5.69 Å². The largest absolute Gasteiger partial charge is 0.458 e. The van der Waals surface area contributed by atoms with E-state index in [1.54, 1.807) is 55.5 Å². The minimum Gasteiger partial charge on any atom is -0.458 e. The molecule has 0 bridgehead atoms. The van der Waals surface area contributed by atoms with Crippen molar-refractivity contribution in [3.63, 3.8) is 0 Å². The number of carbonyl (C=O) groups excluding carboxylic acids is 2. The van der Waals surface area contributed by atoms with Gasteiger partial charge in [0.25, 0.3) is 0 Å². The zero-order chi connectivity index (χ0) is 20.5. The van der Waals surface area contributed by atoms with E-state index in [0.717, 1.165) is 0 Å². The third-order valence-corrected chi connectivity index (χ3v) is 4.23. The summed E-state index contributed by atoms with van der Waals surface area (Å²) in [5.74, 6) is -0.480. The molecule has 28 heavy (non-hydrogen) atoms. The SMILES string of the molecule is CC(Cl)=CCNC(C(=O)OCc1cccc(C(=O)c2ccccc2)n1)C(C)C. The molecule has 0 saturated heterocycles. The lowest BCUT2D eigenvalue weighted by atomic mass is 10.0. The Morgan fingerprint density at radius 1 is 1.14 bits per heavy atom. The number of ketones is 1. The second-order valence-corrected chi connectivity index (χ2v) is 7.33. The van der Waals surface area contributed by atoms with Crippen LogP contribution in [0.25, 0.3) is 0 Å². The van der Waals surface area contributed by atoms with E-state index < -0.39 is 6.04 Å². The summed E-state index contributed by atoms with van der Waals surface area (Å²) in [6.45, 7) is 6.14. The number of halogens is 1. The molecule has 2 rings (SSSR count). The number of hydrogen-bond acceptors (Lipinski definition) is 5. The summed E-state index contributed by atoms with van der Waals surface area (Å²) in [7, 11) is 0. The molecule has 6 heteroatoms. The van der Waals surface area contributed by atoms with Crippen LogP contribution >= 0.6 is 11.6 Å². The summed E-state index contributed by atoms with van der Waals surface area (Å²) in [4.78, 5) is 29.3. The molecule has 5 nitrogen and oxygen atoms in total. The molecule has 148 valence electrons. The van der Waals surface area contributed by atoms with E-state index in [2.05, 4.69) is 10.3 Å². The van der Waals surface area contributed by atoms with Crippen LogP contribution in [-0.2, 0) is 16.1 Å². The van der Waals surface area contributed by atoms with E-state index in [1.807, 2.05) is 19.9 Å². The van der Waals surface area contributed by atoms with Crippen LogP contribution in [0.4, 0.5) is 0 Å². The fourth-order valence-corrected chi connectivity index (χ4v) is 2.65. The summed E-state index contributed by atoms with van der Waals surface area (Å²) in [6, 6.07) is 13.6. The Labute approximate surface area is 170 Å². The first-order chi connectivity index (χ1) is 13.4. The lowest BCUT2D eigenvalue weighted by molar-refractivity contribution is -0.148. The van der Waals surface area contributed by atoms with E-state index >= 15 is 0 Å². The fourth-order valence-electron chi connectivity index (χ4n) is 2.58. The van der Waals surface area contributed by atoms with Crippen LogP contribution in [0.2, 0.25) is 0 Å². The summed E-state index contributed by atoms with van der Waals surface area (Å²) >= 11 is 5.82. The van der Waals surface area contributed by atoms with Gasteiger partial charge in [-0.15, -0.1) is 0 Å². The highest BCUT2D eigenvalue weighted by Gasteiger charge is 2.23. The van der Waals surface area contributed by atoms with Gasteiger partial charge in [-0.3, -0.25) is 9.59 Å². The summed E-state index contributed by atoms with van der Waals surface area (Å²) in [5, 5.41) is 3.79. The summed E-state index contributed by atoms with van der Waals surface area (Å²) in [6.07, 6.45) is 1.80. The highest BCUT2D eigenvalue weighted by Crippen LogP contribution is 2.10. The number of aromatic nitrogens is 1. The predicted molar refractivity (Wildman–Crippen MR) is 110 cm³/mol. The molecule has 1 unspecified atom stereocenters. The van der Waals surface area contributed by atoms with Crippen molar-refractivity contribution in [3.05, 3.63) is 76.6 Å². The van der Waals surface area contributed by atoms with Gasteiger partial charge in [0.15, 0.2) is 0 Å². The smallest absolute Gasteiger partial charge is 0.323 e. The predicted octanol–water partition coefficient (Wildman–Crippen LogP) is 4.11. The number of rotatable bonds is 9. The molecule has 0 radical (unpaired) electrons. The average molecular weight is 401 g/mol. The molecule has 0 aliphatic carbocycles. The molecule has 0 spiro atoms. The zero-order valence-corrected chi connectivity index (χ0v) is 17.1. The normalized spacial score (nSPS) is 12.7. The molecule has 1 heterocycles. The first-order valence-corrected chi connectivity index (χ1v) is 9.54. The Morgan fingerprint density at radius 2 is 1.86 bits per heavy atom. The molecule has 0 aliphatic rings. The average Bonchev–Trinajstić information content (AvgIpc) is 2.69. The van der Waals surface area contributed by atoms with E-state index in [4.69, 9.17) is 16.3 Å². The second kappa shape index (κ2) is 10.7. The highest BCUT2D eigenvalue weighted by atomic mass is 35.5. The third kappa shape index (κ3) is 6.59. The van der Waals surface area contributed by atoms with Crippen molar-refractivity contribution < 1.29 is 14.3 Å². The van der Waals surface area contributed by atoms with Gasteiger partial charge in [-0.25, -0.2) is 4.98 Å². The van der Waals surface area contributed by atoms with Crippen LogP contribution in [0.15, 0.2) is 59.6 Å². The molecule has 0 fully saturated rings. The number of carbonyl (C=O) groups is 2. The van der Waals surface area contributed by atoms with Crippen LogP contribution in [0.5, 0.6) is 0 Å². The molecule has 0 saturated carbocycles. The first-order valence-electron chi connectivity index (χ1n) is 9.16. The Morgan fingerprint density at radius 3 is 2.50 bits per heavy atom. The van der Waals surface area contributed by atoms with Gasteiger partial charge in [-0.2, -0.15) is 0 Å². The van der Waals surface area contributed by atoms with Crippen molar-refractivity contribution in [2.24, 2.45) is 5.92 Å². The molecule has 0 amide bonds. The van der Waals surface area contributed by atoms with E-state index in [9.17, 15) is 9.59 Å².